The summed E-state index contributed by atoms with van der Waals surface area (Å²) < 4.78 is 27.3. The van der Waals surface area contributed by atoms with E-state index in [1.54, 1.807) is 0 Å². The van der Waals surface area contributed by atoms with Crippen LogP contribution in [0.25, 0.3) is 66.5 Å². The Labute approximate surface area is 377 Å². The third kappa shape index (κ3) is 5.74. The maximum Gasteiger partial charge on any atom is 0.262 e. The summed E-state index contributed by atoms with van der Waals surface area (Å²) in [5, 5.41) is 4.34. The molecule has 0 aliphatic carbocycles. The summed E-state index contributed by atoms with van der Waals surface area (Å²) in [6, 6.07) is 58.0. The van der Waals surface area contributed by atoms with E-state index in [1.807, 2.05) is 36.4 Å². The Morgan fingerprint density at radius 3 is 1.28 bits per heavy atom. The molecule has 0 atom stereocenters. The Bertz CT molecular complexity index is 3430. The van der Waals surface area contributed by atoms with Crippen molar-refractivity contribution < 1.29 is 17.7 Å². The van der Waals surface area contributed by atoms with Gasteiger partial charge in [-0.15, -0.1) is 0 Å². The zero-order valence-electron chi connectivity index (χ0n) is 37.2. The van der Waals surface area contributed by atoms with E-state index >= 15 is 0 Å². The normalized spacial score (nSPS) is 13.6. The molecule has 0 saturated carbocycles. The molecule has 0 fully saturated rings. The van der Waals surface area contributed by atoms with Crippen molar-refractivity contribution in [1.82, 2.24) is 0 Å². The zero-order chi connectivity index (χ0) is 43.9. The Balaban J connectivity index is 1.10. The summed E-state index contributed by atoms with van der Waals surface area (Å²) >= 11 is 0. The Morgan fingerprint density at radius 1 is 0.385 bits per heavy atom. The van der Waals surface area contributed by atoms with Crippen molar-refractivity contribution in [3.63, 3.8) is 0 Å². The van der Waals surface area contributed by atoms with Crippen molar-refractivity contribution >= 4 is 101 Å². The molecule has 0 radical (unpaired) electrons. The number of hydrogen-bond acceptors (Lipinski definition) is 6. The lowest BCUT2D eigenvalue weighted by Gasteiger charge is -2.40. The van der Waals surface area contributed by atoms with Gasteiger partial charge in [-0.25, -0.2) is 0 Å². The van der Waals surface area contributed by atoms with Crippen LogP contribution in [0.2, 0.25) is 0 Å². The van der Waals surface area contributed by atoms with E-state index in [9.17, 15) is 0 Å². The van der Waals surface area contributed by atoms with Gasteiger partial charge in [0.25, 0.3) is 6.71 Å². The highest BCUT2D eigenvalue weighted by atomic mass is 16.4. The number of anilines is 6. The molecule has 0 spiro atoms. The van der Waals surface area contributed by atoms with Crippen LogP contribution in [0.3, 0.4) is 0 Å². The van der Waals surface area contributed by atoms with Crippen LogP contribution in [0.5, 0.6) is 0 Å². The van der Waals surface area contributed by atoms with Crippen molar-refractivity contribution in [2.45, 2.75) is 52.4 Å². The summed E-state index contributed by atoms with van der Waals surface area (Å²) in [6.45, 7) is 13.4. The molecular formula is C58H45BN2O4. The maximum atomic E-state index is 7.20. The van der Waals surface area contributed by atoms with Crippen molar-refractivity contribution in [3.8, 4) is 22.6 Å². The molecule has 0 bridgehead atoms. The Hall–Kier alpha value is -7.64. The maximum absolute atomic E-state index is 7.20. The minimum Gasteiger partial charge on any atom is -0.456 e. The highest BCUT2D eigenvalue weighted by Gasteiger charge is 2.49. The average Bonchev–Trinajstić information content (AvgIpc) is 4.11. The van der Waals surface area contributed by atoms with Crippen LogP contribution in [-0.4, -0.2) is 6.71 Å². The van der Waals surface area contributed by atoms with Crippen LogP contribution < -0.4 is 26.2 Å². The number of para-hydroxylation sites is 2. The Morgan fingerprint density at radius 2 is 0.831 bits per heavy atom. The van der Waals surface area contributed by atoms with Gasteiger partial charge in [0.2, 0.25) is 11.8 Å². The largest absolute Gasteiger partial charge is 0.456 e. The summed E-state index contributed by atoms with van der Waals surface area (Å²) in [4.78, 5) is 4.65. The zero-order valence-corrected chi connectivity index (χ0v) is 37.2. The van der Waals surface area contributed by atoms with Crippen LogP contribution in [0.1, 0.15) is 52.7 Å². The highest BCUT2D eigenvalue weighted by molar-refractivity contribution is 7.02. The van der Waals surface area contributed by atoms with E-state index in [4.69, 9.17) is 17.7 Å². The van der Waals surface area contributed by atoms with Gasteiger partial charge in [0.1, 0.15) is 33.9 Å². The van der Waals surface area contributed by atoms with Gasteiger partial charge in [-0.05, 0) is 112 Å². The molecule has 0 unspecified atom stereocenters. The molecule has 4 aromatic heterocycles. The van der Waals surface area contributed by atoms with Gasteiger partial charge in [-0.2, -0.15) is 0 Å². The van der Waals surface area contributed by atoms with Crippen LogP contribution in [0, 0.1) is 0 Å². The SMILES string of the molecule is CC(C)(C)c1ccc2oc3c(c2c1)B1c2c(cccc2N(c2cccc(-c4cc5ccccc5o4)c2)c2oc4ccc(C(C)(C)C)cc4c21)N3c1cccc(-c2cc3ccccc3o2)c1. The van der Waals surface area contributed by atoms with Crippen molar-refractivity contribution in [1.29, 1.82) is 0 Å². The predicted molar refractivity (Wildman–Crippen MR) is 268 cm³/mol. The lowest BCUT2D eigenvalue weighted by Crippen LogP contribution is -2.60. The lowest BCUT2D eigenvalue weighted by molar-refractivity contribution is 0.589. The molecule has 13 rings (SSSR count). The number of fused-ring (bicyclic) bond motifs is 10. The Kier molecular flexibility index (Phi) is 7.83. The fourth-order valence-corrected chi connectivity index (χ4v) is 10.3. The van der Waals surface area contributed by atoms with Gasteiger partial charge in [0, 0.05) is 66.3 Å². The quantitative estimate of drug-likeness (QED) is 0.165. The van der Waals surface area contributed by atoms with Crippen LogP contribution in [0.4, 0.5) is 34.5 Å². The number of rotatable bonds is 4. The second-order valence-electron chi connectivity index (χ2n) is 19.8. The van der Waals surface area contributed by atoms with E-state index < -0.39 is 0 Å². The third-order valence-corrected chi connectivity index (χ3v) is 13.6. The molecule has 11 aromatic rings. The summed E-state index contributed by atoms with van der Waals surface area (Å²) in [5.41, 5.74) is 15.2. The standard InChI is InChI=1S/C58H45BN2O4/c1-57(2,3)38-24-26-48-42(32-38)52-55(64-48)60(40-18-11-16-34(28-40)50-30-36-14-7-9-22-46(36)62-50)44-20-13-21-45-54(44)59(52)53-43-33-39(58(4,5)6)25-27-49(43)65-56(53)61(45)41-19-12-17-35(29-41)51-31-37-15-8-10-23-47(37)63-51/h7-33H,1-6H3. The smallest absolute Gasteiger partial charge is 0.262 e. The molecule has 7 heteroatoms. The fourth-order valence-electron chi connectivity index (χ4n) is 10.3. The van der Waals surface area contributed by atoms with Gasteiger partial charge in [-0.1, -0.05) is 120 Å². The average molecular weight is 845 g/mol. The van der Waals surface area contributed by atoms with E-state index in [2.05, 4.69) is 179 Å². The van der Waals surface area contributed by atoms with Crippen LogP contribution in [-0.2, 0) is 10.8 Å². The van der Waals surface area contributed by atoms with E-state index in [0.29, 0.717) is 0 Å². The molecule has 6 nitrogen and oxygen atoms in total. The first-order chi connectivity index (χ1) is 31.5. The molecule has 65 heavy (non-hydrogen) atoms. The van der Waals surface area contributed by atoms with Crippen molar-refractivity contribution in [3.05, 3.63) is 175 Å². The van der Waals surface area contributed by atoms with Gasteiger partial charge < -0.3 is 17.7 Å². The third-order valence-electron chi connectivity index (χ3n) is 13.6. The highest BCUT2D eigenvalue weighted by Crippen LogP contribution is 2.49. The van der Waals surface area contributed by atoms with Gasteiger partial charge >= 0.3 is 0 Å². The van der Waals surface area contributed by atoms with Crippen LogP contribution in [0.15, 0.2) is 181 Å². The number of benzene rings is 7. The number of nitrogens with zero attached hydrogens (tertiary/aromatic N) is 2. The molecule has 0 amide bonds. The van der Waals surface area contributed by atoms with Crippen LogP contribution >= 0.6 is 0 Å². The lowest BCUT2D eigenvalue weighted by atomic mass is 9.33. The monoisotopic (exact) mass is 844 g/mol. The van der Waals surface area contributed by atoms with E-state index in [0.717, 1.165) is 112 Å². The molecule has 2 aliphatic heterocycles. The van der Waals surface area contributed by atoms with Crippen molar-refractivity contribution in [2.24, 2.45) is 0 Å². The van der Waals surface area contributed by atoms with Gasteiger partial charge in [0.05, 0.1) is 0 Å². The van der Waals surface area contributed by atoms with Crippen molar-refractivity contribution in [2.75, 3.05) is 9.80 Å². The number of hydrogen-bond donors (Lipinski definition) is 0. The van der Waals surface area contributed by atoms with Gasteiger partial charge in [-0.3, -0.25) is 9.80 Å². The molecule has 7 aromatic carbocycles. The second-order valence-corrected chi connectivity index (χ2v) is 19.8. The molecule has 2 aliphatic rings. The van der Waals surface area contributed by atoms with E-state index in [-0.39, 0.29) is 17.5 Å². The summed E-state index contributed by atoms with van der Waals surface area (Å²) in [7, 11) is 0. The molecule has 0 saturated heterocycles. The first kappa shape index (κ1) is 37.9. The molecule has 0 N–H and O–H groups in total. The molecular weight excluding hydrogens is 799 g/mol. The minimum atomic E-state index is -0.219. The molecule has 6 heterocycles. The predicted octanol–water partition coefficient (Wildman–Crippen LogP) is 14.7. The molecule has 314 valence electrons. The second kappa shape index (κ2) is 13.4. The fraction of sp³-hybridized carbons (Fsp3) is 0.138. The van der Waals surface area contributed by atoms with Gasteiger partial charge in [0.15, 0.2) is 0 Å². The minimum absolute atomic E-state index is 0.0833. The first-order valence-electron chi connectivity index (χ1n) is 22.5. The first-order valence-corrected chi connectivity index (χ1v) is 22.5. The topological polar surface area (TPSA) is 59.0 Å². The summed E-state index contributed by atoms with van der Waals surface area (Å²) in [6.07, 6.45) is 0. The summed E-state index contributed by atoms with van der Waals surface area (Å²) in [5.74, 6) is 3.24. The van der Waals surface area contributed by atoms with E-state index in [1.165, 1.54) is 16.6 Å². The number of furan rings is 4.